The van der Waals surface area contributed by atoms with Crippen LogP contribution in [0.3, 0.4) is 0 Å². The van der Waals surface area contributed by atoms with Gasteiger partial charge in [-0.1, -0.05) is 61.7 Å². The smallest absolute Gasteiger partial charge is 0.240 e. The molecular weight excluding hydrogens is 386 g/mol. The monoisotopic (exact) mass is 411 g/mol. The highest BCUT2D eigenvalue weighted by Gasteiger charge is 2.26. The predicted molar refractivity (Wildman–Crippen MR) is 112 cm³/mol. The van der Waals surface area contributed by atoms with Gasteiger partial charge in [0.05, 0.1) is 16.8 Å². The van der Waals surface area contributed by atoms with Crippen LogP contribution in [-0.4, -0.2) is 29.9 Å². The van der Waals surface area contributed by atoms with E-state index >= 15 is 0 Å². The number of imidazole rings is 1. The molecule has 29 heavy (non-hydrogen) atoms. The zero-order chi connectivity index (χ0) is 20.3. The summed E-state index contributed by atoms with van der Waals surface area (Å²) in [5, 5.41) is 3.01. The molecule has 1 aromatic heterocycles. The molecule has 1 amide bonds. The molecule has 1 fully saturated rings. The van der Waals surface area contributed by atoms with Crippen LogP contribution < -0.4 is 5.32 Å². The van der Waals surface area contributed by atoms with Gasteiger partial charge in [0.25, 0.3) is 0 Å². The first-order valence-corrected chi connectivity index (χ1v) is 11.7. The molecule has 4 rings (SSSR count). The summed E-state index contributed by atoms with van der Waals surface area (Å²) in [4.78, 5) is 17.1. The lowest BCUT2D eigenvalue weighted by atomic mass is 9.95. The Hall–Kier alpha value is -2.67. The minimum absolute atomic E-state index is 0.0543. The molecule has 6 nitrogen and oxygen atoms in total. The Kier molecular flexibility index (Phi) is 5.67. The number of nitrogens with zero attached hydrogens (tertiary/aromatic N) is 2. The molecule has 1 aliphatic carbocycles. The summed E-state index contributed by atoms with van der Waals surface area (Å²) in [6, 6.07) is 16.4. The van der Waals surface area contributed by atoms with E-state index in [-0.39, 0.29) is 29.4 Å². The van der Waals surface area contributed by atoms with Gasteiger partial charge in [-0.15, -0.1) is 0 Å². The summed E-state index contributed by atoms with van der Waals surface area (Å²) in [6.45, 7) is -0.0552. The number of carbonyl (C=O) groups excluding carboxylic acids is 1. The van der Waals surface area contributed by atoms with E-state index in [2.05, 4.69) is 10.3 Å². The fraction of sp³-hybridized carbons (Fsp3) is 0.364. The van der Waals surface area contributed by atoms with E-state index in [0.717, 1.165) is 25.7 Å². The molecule has 2 aromatic carbocycles. The van der Waals surface area contributed by atoms with Crippen molar-refractivity contribution in [3.05, 3.63) is 60.2 Å². The summed E-state index contributed by atoms with van der Waals surface area (Å²) in [7, 11) is -3.71. The number of benzene rings is 2. The number of hydrogen-bond acceptors (Lipinski definition) is 4. The number of hydrogen-bond donors (Lipinski definition) is 1. The zero-order valence-corrected chi connectivity index (χ0v) is 17.1. The van der Waals surface area contributed by atoms with Crippen LogP contribution in [-0.2, 0) is 26.9 Å². The van der Waals surface area contributed by atoms with E-state index in [1.54, 1.807) is 24.3 Å². The molecule has 1 N–H and O–H groups in total. The Morgan fingerprint density at radius 2 is 1.69 bits per heavy atom. The highest BCUT2D eigenvalue weighted by molar-refractivity contribution is 7.90. The van der Waals surface area contributed by atoms with Crippen molar-refractivity contribution >= 4 is 26.8 Å². The molecule has 7 heteroatoms. The predicted octanol–water partition coefficient (Wildman–Crippen LogP) is 3.46. The third-order valence-corrected chi connectivity index (χ3v) is 6.95. The highest BCUT2D eigenvalue weighted by Crippen LogP contribution is 2.23. The van der Waals surface area contributed by atoms with Crippen LogP contribution >= 0.6 is 0 Å². The van der Waals surface area contributed by atoms with Gasteiger partial charge < -0.3 is 9.88 Å². The van der Waals surface area contributed by atoms with Gasteiger partial charge in [0.15, 0.2) is 0 Å². The molecule has 0 spiro atoms. The fourth-order valence-corrected chi connectivity index (χ4v) is 5.46. The SMILES string of the molecule is O=C(Cn1c(S(=O)(=O)Cc2ccccc2)nc2ccccc21)NC1CCCCC1. The molecule has 0 aliphatic heterocycles. The topological polar surface area (TPSA) is 81.1 Å². The molecule has 0 atom stereocenters. The molecule has 1 heterocycles. The summed E-state index contributed by atoms with van der Waals surface area (Å²) in [5.74, 6) is -0.322. The van der Waals surface area contributed by atoms with Crippen LogP contribution in [0.4, 0.5) is 0 Å². The van der Waals surface area contributed by atoms with Gasteiger partial charge in [0, 0.05) is 6.04 Å². The average molecular weight is 412 g/mol. The standard InChI is InChI=1S/C22H25N3O3S/c26-21(23-18-11-5-2-6-12-18)15-25-20-14-8-7-13-19(20)24-22(25)29(27,28)16-17-9-3-1-4-10-17/h1,3-4,7-10,13-14,18H,2,5-6,11-12,15-16H2,(H,23,26). The molecule has 1 saturated carbocycles. The third-order valence-electron chi connectivity index (χ3n) is 5.37. The van der Waals surface area contributed by atoms with Gasteiger partial charge in [-0.3, -0.25) is 4.79 Å². The van der Waals surface area contributed by atoms with Gasteiger partial charge in [-0.05, 0) is 30.5 Å². The van der Waals surface area contributed by atoms with Crippen LogP contribution in [0.2, 0.25) is 0 Å². The number of fused-ring (bicyclic) bond motifs is 1. The fourth-order valence-electron chi connectivity index (χ4n) is 3.97. The lowest BCUT2D eigenvalue weighted by Crippen LogP contribution is -2.38. The zero-order valence-electron chi connectivity index (χ0n) is 16.3. The molecule has 1 aliphatic rings. The Morgan fingerprint density at radius 1 is 1.00 bits per heavy atom. The van der Waals surface area contributed by atoms with E-state index < -0.39 is 9.84 Å². The maximum absolute atomic E-state index is 13.1. The van der Waals surface area contributed by atoms with E-state index in [4.69, 9.17) is 0 Å². The first kappa shape index (κ1) is 19.6. The number of sulfone groups is 1. The third kappa shape index (κ3) is 4.50. The molecule has 0 unspecified atom stereocenters. The largest absolute Gasteiger partial charge is 0.352 e. The first-order chi connectivity index (χ1) is 14.0. The molecule has 152 valence electrons. The van der Waals surface area contributed by atoms with Gasteiger partial charge in [-0.2, -0.15) is 0 Å². The minimum atomic E-state index is -3.71. The maximum Gasteiger partial charge on any atom is 0.240 e. The van der Waals surface area contributed by atoms with Crippen molar-refractivity contribution in [1.29, 1.82) is 0 Å². The van der Waals surface area contributed by atoms with Crippen molar-refractivity contribution in [2.45, 2.75) is 55.6 Å². The van der Waals surface area contributed by atoms with Gasteiger partial charge in [-0.25, -0.2) is 13.4 Å². The van der Waals surface area contributed by atoms with Gasteiger partial charge in [0.2, 0.25) is 20.9 Å². The Bertz CT molecular complexity index is 1100. The minimum Gasteiger partial charge on any atom is -0.352 e. The first-order valence-electron chi connectivity index (χ1n) is 10.0. The van der Waals surface area contributed by atoms with Crippen LogP contribution in [0.1, 0.15) is 37.7 Å². The van der Waals surface area contributed by atoms with E-state index in [9.17, 15) is 13.2 Å². The second kappa shape index (κ2) is 8.37. The normalized spacial score (nSPS) is 15.4. The van der Waals surface area contributed by atoms with E-state index in [1.807, 2.05) is 30.3 Å². The summed E-state index contributed by atoms with van der Waals surface area (Å²) >= 11 is 0. The van der Waals surface area contributed by atoms with Crippen molar-refractivity contribution in [3.8, 4) is 0 Å². The number of nitrogens with one attached hydrogen (secondary N) is 1. The second-order valence-corrected chi connectivity index (χ2v) is 9.50. The van der Waals surface area contributed by atoms with Crippen LogP contribution in [0.25, 0.3) is 11.0 Å². The van der Waals surface area contributed by atoms with Crippen molar-refractivity contribution in [3.63, 3.8) is 0 Å². The Balaban J connectivity index is 1.64. The Morgan fingerprint density at radius 3 is 2.45 bits per heavy atom. The van der Waals surface area contributed by atoms with Crippen LogP contribution in [0, 0.1) is 0 Å². The lowest BCUT2D eigenvalue weighted by Gasteiger charge is -2.23. The second-order valence-electron chi connectivity index (χ2n) is 7.62. The summed E-state index contributed by atoms with van der Waals surface area (Å²) in [6.07, 6.45) is 5.41. The lowest BCUT2D eigenvalue weighted by molar-refractivity contribution is -0.122. The van der Waals surface area contributed by atoms with Crippen molar-refractivity contribution < 1.29 is 13.2 Å². The van der Waals surface area contributed by atoms with Crippen molar-refractivity contribution in [1.82, 2.24) is 14.9 Å². The van der Waals surface area contributed by atoms with E-state index in [1.165, 1.54) is 11.0 Å². The quantitative estimate of drug-likeness (QED) is 0.674. The Labute approximate surface area is 170 Å². The van der Waals surface area contributed by atoms with Gasteiger partial charge >= 0.3 is 0 Å². The number of aromatic nitrogens is 2. The molecule has 0 saturated heterocycles. The highest BCUT2D eigenvalue weighted by atomic mass is 32.2. The molecule has 0 bridgehead atoms. The van der Waals surface area contributed by atoms with Crippen LogP contribution in [0.15, 0.2) is 59.8 Å². The number of rotatable bonds is 6. The van der Waals surface area contributed by atoms with Crippen molar-refractivity contribution in [2.75, 3.05) is 0 Å². The maximum atomic E-state index is 13.1. The number of amides is 1. The molecular formula is C22H25N3O3S. The number of para-hydroxylation sites is 2. The summed E-state index contributed by atoms with van der Waals surface area (Å²) < 4.78 is 27.8. The molecule has 3 aromatic rings. The molecule has 0 radical (unpaired) electrons. The van der Waals surface area contributed by atoms with E-state index in [0.29, 0.717) is 16.6 Å². The van der Waals surface area contributed by atoms with Crippen LogP contribution in [0.5, 0.6) is 0 Å². The average Bonchev–Trinajstić information content (AvgIpc) is 3.09. The summed E-state index contributed by atoms with van der Waals surface area (Å²) in [5.41, 5.74) is 1.92. The number of carbonyl (C=O) groups is 1. The van der Waals surface area contributed by atoms with Gasteiger partial charge in [0.1, 0.15) is 6.54 Å². The van der Waals surface area contributed by atoms with Crippen molar-refractivity contribution in [2.24, 2.45) is 0 Å².